The van der Waals surface area contributed by atoms with Gasteiger partial charge in [0.15, 0.2) is 0 Å². The molecule has 2 nitrogen and oxygen atoms in total. The average Bonchev–Trinajstić information content (AvgIpc) is 3.04. The number of hydrogen-bond acceptors (Lipinski definition) is 2. The molecule has 3 rings (SSSR count). The molecule has 3 heteroatoms. The van der Waals surface area contributed by atoms with Crippen molar-refractivity contribution in [2.45, 2.75) is 24.4 Å². The van der Waals surface area contributed by atoms with Gasteiger partial charge in [0.05, 0.1) is 12.7 Å². The number of hydrogen-bond donors (Lipinski definition) is 1. The van der Waals surface area contributed by atoms with Crippen LogP contribution in [0.1, 0.15) is 30.1 Å². The van der Waals surface area contributed by atoms with E-state index in [1.165, 1.54) is 11.6 Å². The van der Waals surface area contributed by atoms with Crippen molar-refractivity contribution < 1.29 is 9.13 Å². The second kappa shape index (κ2) is 3.54. The van der Waals surface area contributed by atoms with Gasteiger partial charge < -0.3 is 10.1 Å². The lowest BCUT2D eigenvalue weighted by molar-refractivity contribution is 0.0205. The second-order valence-corrected chi connectivity index (χ2v) is 4.84. The summed E-state index contributed by atoms with van der Waals surface area (Å²) < 4.78 is 19.7. The van der Waals surface area contributed by atoms with Gasteiger partial charge >= 0.3 is 0 Å². The van der Waals surface area contributed by atoms with Crippen molar-refractivity contribution in [3.63, 3.8) is 0 Å². The molecule has 0 amide bonds. The van der Waals surface area contributed by atoms with Gasteiger partial charge in [-0.3, -0.25) is 0 Å². The van der Waals surface area contributed by atoms with Gasteiger partial charge in [-0.1, -0.05) is 12.1 Å². The van der Waals surface area contributed by atoms with Crippen molar-refractivity contribution in [2.24, 2.45) is 0 Å². The molecule has 1 aliphatic carbocycles. The summed E-state index contributed by atoms with van der Waals surface area (Å²) in [5, 5.41) is 3.06. The first-order valence-electron chi connectivity index (χ1n) is 5.82. The van der Waals surface area contributed by atoms with E-state index in [1.807, 2.05) is 13.1 Å². The zero-order chi connectivity index (χ0) is 11.2. The lowest BCUT2D eigenvalue weighted by atomic mass is 9.86. The molecule has 1 aromatic carbocycles. The predicted molar refractivity (Wildman–Crippen MR) is 59.9 cm³/mol. The highest BCUT2D eigenvalue weighted by molar-refractivity contribution is 5.42. The maximum atomic E-state index is 13.9. The molecule has 1 fully saturated rings. The highest BCUT2D eigenvalue weighted by Gasteiger charge is 2.50. The monoisotopic (exact) mass is 221 g/mol. The van der Waals surface area contributed by atoms with E-state index in [-0.39, 0.29) is 17.3 Å². The number of nitrogens with one attached hydrogen (secondary N) is 1. The molecule has 1 unspecified atom stereocenters. The van der Waals surface area contributed by atoms with Gasteiger partial charge in [-0.2, -0.15) is 0 Å². The SMILES string of the molecule is CNCC1OCC2(CC2)c2cccc(F)c21. The van der Waals surface area contributed by atoms with Crippen LogP contribution in [0.4, 0.5) is 4.39 Å². The summed E-state index contributed by atoms with van der Waals surface area (Å²) in [5.74, 6) is -0.122. The molecule has 16 heavy (non-hydrogen) atoms. The molecule has 1 aliphatic heterocycles. The Labute approximate surface area is 94.8 Å². The highest BCUT2D eigenvalue weighted by atomic mass is 19.1. The van der Waals surface area contributed by atoms with Gasteiger partial charge in [0.25, 0.3) is 0 Å². The Morgan fingerprint density at radius 3 is 3.00 bits per heavy atom. The molecule has 1 aromatic rings. The molecular weight excluding hydrogens is 205 g/mol. The van der Waals surface area contributed by atoms with Crippen LogP contribution >= 0.6 is 0 Å². The first-order chi connectivity index (χ1) is 7.77. The van der Waals surface area contributed by atoms with Crippen molar-refractivity contribution in [3.8, 4) is 0 Å². The van der Waals surface area contributed by atoms with Crippen LogP contribution in [0.3, 0.4) is 0 Å². The molecule has 0 bridgehead atoms. The quantitative estimate of drug-likeness (QED) is 0.826. The third kappa shape index (κ3) is 1.39. The van der Waals surface area contributed by atoms with Crippen LogP contribution in [0.5, 0.6) is 0 Å². The minimum atomic E-state index is -0.132. The smallest absolute Gasteiger partial charge is 0.129 e. The van der Waals surface area contributed by atoms with E-state index in [0.29, 0.717) is 6.54 Å². The molecule has 1 atom stereocenters. The fourth-order valence-corrected chi connectivity index (χ4v) is 2.66. The van der Waals surface area contributed by atoms with E-state index in [1.54, 1.807) is 0 Å². The van der Waals surface area contributed by atoms with E-state index in [2.05, 4.69) is 11.4 Å². The number of benzene rings is 1. The first-order valence-corrected chi connectivity index (χ1v) is 5.82. The van der Waals surface area contributed by atoms with Crippen LogP contribution in [0.15, 0.2) is 18.2 Å². The maximum Gasteiger partial charge on any atom is 0.129 e. The van der Waals surface area contributed by atoms with Gasteiger partial charge in [-0.25, -0.2) is 4.39 Å². The van der Waals surface area contributed by atoms with Gasteiger partial charge in [0.1, 0.15) is 5.82 Å². The van der Waals surface area contributed by atoms with E-state index in [9.17, 15) is 4.39 Å². The normalized spacial score (nSPS) is 25.5. The Hall–Kier alpha value is -0.930. The standard InChI is InChI=1S/C13H16FNO/c1-15-7-11-12-9(3-2-4-10(12)14)13(5-6-13)8-16-11/h2-4,11,15H,5-8H2,1H3. The van der Waals surface area contributed by atoms with Gasteiger partial charge in [0, 0.05) is 17.5 Å². The van der Waals surface area contributed by atoms with E-state index in [4.69, 9.17) is 4.74 Å². The Kier molecular flexibility index (Phi) is 2.26. The van der Waals surface area contributed by atoms with Gasteiger partial charge in [-0.05, 0) is 31.5 Å². The molecule has 0 saturated heterocycles. The lowest BCUT2D eigenvalue weighted by Crippen LogP contribution is -2.32. The minimum absolute atomic E-state index is 0.122. The van der Waals surface area contributed by atoms with Crippen molar-refractivity contribution in [2.75, 3.05) is 20.2 Å². The Bertz CT molecular complexity index is 414. The fourth-order valence-electron chi connectivity index (χ4n) is 2.66. The Morgan fingerprint density at radius 2 is 2.31 bits per heavy atom. The Balaban J connectivity index is 2.07. The zero-order valence-corrected chi connectivity index (χ0v) is 9.42. The summed E-state index contributed by atoms with van der Waals surface area (Å²) in [6, 6.07) is 5.42. The first kappa shape index (κ1) is 10.2. The minimum Gasteiger partial charge on any atom is -0.371 e. The number of ether oxygens (including phenoxy) is 1. The van der Waals surface area contributed by atoms with Crippen LogP contribution in [-0.2, 0) is 10.2 Å². The largest absolute Gasteiger partial charge is 0.371 e. The molecule has 86 valence electrons. The molecular formula is C13H16FNO. The summed E-state index contributed by atoms with van der Waals surface area (Å²) >= 11 is 0. The van der Waals surface area contributed by atoms with Crippen LogP contribution in [0, 0.1) is 5.82 Å². The van der Waals surface area contributed by atoms with Crippen LogP contribution in [-0.4, -0.2) is 20.2 Å². The summed E-state index contributed by atoms with van der Waals surface area (Å²) in [6.45, 7) is 1.42. The van der Waals surface area contributed by atoms with Crippen LogP contribution in [0.2, 0.25) is 0 Å². The van der Waals surface area contributed by atoms with Crippen molar-refractivity contribution >= 4 is 0 Å². The number of halogens is 1. The molecule has 1 heterocycles. The predicted octanol–water partition coefficient (Wildman–Crippen LogP) is 2.15. The van der Waals surface area contributed by atoms with Gasteiger partial charge in [-0.15, -0.1) is 0 Å². The average molecular weight is 221 g/mol. The molecule has 1 saturated carbocycles. The zero-order valence-electron chi connectivity index (χ0n) is 9.42. The Morgan fingerprint density at radius 1 is 1.50 bits per heavy atom. The van der Waals surface area contributed by atoms with E-state index in [0.717, 1.165) is 25.0 Å². The molecule has 1 N–H and O–H groups in total. The topological polar surface area (TPSA) is 21.3 Å². The summed E-state index contributed by atoms with van der Waals surface area (Å²) in [7, 11) is 1.87. The third-order valence-corrected chi connectivity index (χ3v) is 3.75. The highest BCUT2D eigenvalue weighted by Crippen LogP contribution is 2.54. The summed E-state index contributed by atoms with van der Waals surface area (Å²) in [4.78, 5) is 0. The van der Waals surface area contributed by atoms with Crippen LogP contribution in [0.25, 0.3) is 0 Å². The molecule has 2 aliphatic rings. The molecule has 0 aromatic heterocycles. The number of fused-ring (bicyclic) bond motifs is 2. The fraction of sp³-hybridized carbons (Fsp3) is 0.538. The van der Waals surface area contributed by atoms with E-state index >= 15 is 0 Å². The maximum absolute atomic E-state index is 13.9. The van der Waals surface area contributed by atoms with Crippen molar-refractivity contribution in [1.29, 1.82) is 0 Å². The van der Waals surface area contributed by atoms with Crippen molar-refractivity contribution in [1.82, 2.24) is 5.32 Å². The van der Waals surface area contributed by atoms with Crippen molar-refractivity contribution in [3.05, 3.63) is 35.1 Å². The number of likely N-dealkylation sites (N-methyl/N-ethyl adjacent to an activating group) is 1. The lowest BCUT2D eigenvalue weighted by Gasteiger charge is -2.32. The molecule has 1 spiro atoms. The van der Waals surface area contributed by atoms with E-state index < -0.39 is 0 Å². The van der Waals surface area contributed by atoms with Gasteiger partial charge in [0.2, 0.25) is 0 Å². The summed E-state index contributed by atoms with van der Waals surface area (Å²) in [5.41, 5.74) is 2.10. The number of rotatable bonds is 2. The van der Waals surface area contributed by atoms with Crippen LogP contribution < -0.4 is 5.32 Å². The molecule has 0 radical (unpaired) electrons. The third-order valence-electron chi connectivity index (χ3n) is 3.75. The second-order valence-electron chi connectivity index (χ2n) is 4.84. The summed E-state index contributed by atoms with van der Waals surface area (Å²) in [6.07, 6.45) is 2.14.